The van der Waals surface area contributed by atoms with Gasteiger partial charge in [-0.1, -0.05) is 24.3 Å². The first kappa shape index (κ1) is 13.0. The smallest absolute Gasteiger partial charge is 0.122 e. The second-order valence-corrected chi connectivity index (χ2v) is 4.07. The Morgan fingerprint density at radius 2 is 1.58 bits per heavy atom. The van der Waals surface area contributed by atoms with Crippen molar-refractivity contribution in [3.63, 3.8) is 0 Å². The van der Waals surface area contributed by atoms with E-state index >= 15 is 0 Å². The maximum atomic E-state index is 7.32. The molecule has 4 nitrogen and oxygen atoms in total. The van der Waals surface area contributed by atoms with E-state index in [2.05, 4.69) is 0 Å². The summed E-state index contributed by atoms with van der Waals surface area (Å²) in [6, 6.07) is 14.9. The van der Waals surface area contributed by atoms with Gasteiger partial charge in [0.15, 0.2) is 0 Å². The largest absolute Gasteiger partial charge is 0.497 e. The van der Waals surface area contributed by atoms with Crippen molar-refractivity contribution in [2.24, 2.45) is 5.73 Å². The highest BCUT2D eigenvalue weighted by Crippen LogP contribution is 2.18. The maximum absolute atomic E-state index is 7.32. The van der Waals surface area contributed by atoms with Crippen molar-refractivity contribution in [1.29, 1.82) is 5.41 Å². The predicted octanol–water partition coefficient (Wildman–Crippen LogP) is 2.56. The van der Waals surface area contributed by atoms with Crippen LogP contribution in [0.3, 0.4) is 0 Å². The molecule has 0 atom stereocenters. The molecule has 2 aromatic carbocycles. The molecular formula is C15H16N2O2. The molecular weight excluding hydrogens is 240 g/mol. The van der Waals surface area contributed by atoms with Gasteiger partial charge >= 0.3 is 0 Å². The summed E-state index contributed by atoms with van der Waals surface area (Å²) in [5, 5.41) is 7.32. The van der Waals surface area contributed by atoms with Crippen LogP contribution in [0.4, 0.5) is 0 Å². The molecule has 0 aliphatic heterocycles. The fourth-order valence-corrected chi connectivity index (χ4v) is 1.62. The second kappa shape index (κ2) is 5.91. The first-order valence-corrected chi connectivity index (χ1v) is 5.89. The zero-order valence-electron chi connectivity index (χ0n) is 10.7. The molecule has 0 heterocycles. The molecule has 98 valence electrons. The van der Waals surface area contributed by atoms with E-state index in [0.717, 1.165) is 17.1 Å². The van der Waals surface area contributed by atoms with E-state index in [1.165, 1.54) is 0 Å². The maximum Gasteiger partial charge on any atom is 0.122 e. The summed E-state index contributed by atoms with van der Waals surface area (Å²) in [6.45, 7) is 0.477. The van der Waals surface area contributed by atoms with Gasteiger partial charge in [0.1, 0.15) is 23.9 Å². The minimum absolute atomic E-state index is 0.0719. The van der Waals surface area contributed by atoms with Gasteiger partial charge in [-0.25, -0.2) is 0 Å². The van der Waals surface area contributed by atoms with Crippen molar-refractivity contribution < 1.29 is 9.47 Å². The van der Waals surface area contributed by atoms with Gasteiger partial charge in [0.05, 0.1) is 7.11 Å². The van der Waals surface area contributed by atoms with Crippen LogP contribution in [-0.4, -0.2) is 12.9 Å². The first-order chi connectivity index (χ1) is 9.19. The van der Waals surface area contributed by atoms with Crippen LogP contribution in [0.1, 0.15) is 11.1 Å². The van der Waals surface area contributed by atoms with Crippen molar-refractivity contribution in [2.75, 3.05) is 7.11 Å². The molecule has 0 aliphatic carbocycles. The molecule has 0 aromatic heterocycles. The molecule has 0 bridgehead atoms. The van der Waals surface area contributed by atoms with Crippen LogP contribution in [0, 0.1) is 5.41 Å². The Morgan fingerprint density at radius 3 is 2.11 bits per heavy atom. The molecule has 2 rings (SSSR count). The molecule has 4 heteroatoms. The van der Waals surface area contributed by atoms with Crippen LogP contribution < -0.4 is 15.2 Å². The van der Waals surface area contributed by atoms with Crippen LogP contribution >= 0.6 is 0 Å². The van der Waals surface area contributed by atoms with E-state index < -0.39 is 0 Å². The number of nitrogens with two attached hydrogens (primary N) is 1. The summed E-state index contributed by atoms with van der Waals surface area (Å²) in [6.07, 6.45) is 0. The molecule has 0 spiro atoms. The lowest BCUT2D eigenvalue weighted by Gasteiger charge is -2.07. The third-order valence-electron chi connectivity index (χ3n) is 2.73. The highest BCUT2D eigenvalue weighted by molar-refractivity contribution is 5.94. The minimum Gasteiger partial charge on any atom is -0.497 e. The summed E-state index contributed by atoms with van der Waals surface area (Å²) < 4.78 is 10.7. The fraction of sp³-hybridized carbons (Fsp3) is 0.133. The van der Waals surface area contributed by atoms with E-state index in [1.807, 2.05) is 48.5 Å². The van der Waals surface area contributed by atoms with Gasteiger partial charge in [0.25, 0.3) is 0 Å². The number of hydrogen-bond donors (Lipinski definition) is 2. The Hall–Kier alpha value is -2.49. The molecule has 2 aromatic rings. The molecule has 0 unspecified atom stereocenters. The lowest BCUT2D eigenvalue weighted by atomic mass is 10.1. The van der Waals surface area contributed by atoms with Crippen LogP contribution in [0.15, 0.2) is 48.5 Å². The molecule has 0 saturated heterocycles. The van der Waals surface area contributed by atoms with Gasteiger partial charge in [0, 0.05) is 5.56 Å². The number of ether oxygens (including phenoxy) is 2. The van der Waals surface area contributed by atoms with E-state index in [9.17, 15) is 0 Å². The van der Waals surface area contributed by atoms with Gasteiger partial charge < -0.3 is 15.2 Å². The van der Waals surface area contributed by atoms with Crippen LogP contribution in [0.2, 0.25) is 0 Å². The summed E-state index contributed by atoms with van der Waals surface area (Å²) in [5.74, 6) is 1.66. The van der Waals surface area contributed by atoms with E-state index in [0.29, 0.717) is 12.2 Å². The zero-order valence-corrected chi connectivity index (χ0v) is 10.7. The number of rotatable bonds is 5. The molecule has 0 fully saturated rings. The number of benzene rings is 2. The third kappa shape index (κ3) is 3.48. The average molecular weight is 256 g/mol. The average Bonchev–Trinajstić information content (AvgIpc) is 2.46. The van der Waals surface area contributed by atoms with Gasteiger partial charge in [0.2, 0.25) is 0 Å². The Labute approximate surface area is 112 Å². The summed E-state index contributed by atoms with van der Waals surface area (Å²) in [5.41, 5.74) is 7.14. The second-order valence-electron chi connectivity index (χ2n) is 4.07. The molecule has 19 heavy (non-hydrogen) atoms. The van der Waals surface area contributed by atoms with Crippen molar-refractivity contribution >= 4 is 5.84 Å². The van der Waals surface area contributed by atoms with Crippen molar-refractivity contribution in [1.82, 2.24) is 0 Å². The van der Waals surface area contributed by atoms with Crippen molar-refractivity contribution in [3.8, 4) is 11.5 Å². The number of hydrogen-bond acceptors (Lipinski definition) is 3. The highest BCUT2D eigenvalue weighted by Gasteiger charge is 1.99. The predicted molar refractivity (Wildman–Crippen MR) is 74.8 cm³/mol. The molecule has 0 amide bonds. The lowest BCUT2D eigenvalue weighted by Crippen LogP contribution is -2.10. The summed E-state index contributed by atoms with van der Waals surface area (Å²) in [7, 11) is 1.63. The van der Waals surface area contributed by atoms with E-state index in [4.69, 9.17) is 20.6 Å². The van der Waals surface area contributed by atoms with Crippen LogP contribution in [-0.2, 0) is 6.61 Å². The van der Waals surface area contributed by atoms with Crippen molar-refractivity contribution in [3.05, 3.63) is 59.7 Å². The van der Waals surface area contributed by atoms with Gasteiger partial charge in [-0.2, -0.15) is 0 Å². The Balaban J connectivity index is 1.95. The van der Waals surface area contributed by atoms with Gasteiger partial charge in [-0.15, -0.1) is 0 Å². The van der Waals surface area contributed by atoms with E-state index in [1.54, 1.807) is 7.11 Å². The molecule has 0 radical (unpaired) electrons. The number of methoxy groups -OCH3 is 1. The normalized spacial score (nSPS) is 9.95. The van der Waals surface area contributed by atoms with Crippen LogP contribution in [0.5, 0.6) is 11.5 Å². The molecule has 3 N–H and O–H groups in total. The van der Waals surface area contributed by atoms with E-state index in [-0.39, 0.29) is 5.84 Å². The van der Waals surface area contributed by atoms with Crippen molar-refractivity contribution in [2.45, 2.75) is 6.61 Å². The topological polar surface area (TPSA) is 68.3 Å². The van der Waals surface area contributed by atoms with Gasteiger partial charge in [-0.05, 0) is 29.8 Å². The Bertz CT molecular complexity index is 547. The summed E-state index contributed by atoms with van der Waals surface area (Å²) >= 11 is 0. The van der Waals surface area contributed by atoms with Crippen LogP contribution in [0.25, 0.3) is 0 Å². The SMILES string of the molecule is COc1ccc(OCc2ccc(C(=N)N)cc2)cc1. The number of nitrogens with one attached hydrogen (secondary N) is 1. The minimum atomic E-state index is 0.0719. The molecule has 0 aliphatic rings. The zero-order chi connectivity index (χ0) is 13.7. The third-order valence-corrected chi connectivity index (χ3v) is 2.73. The number of amidine groups is 1. The number of nitrogen functional groups attached to an aromatic ring is 1. The Morgan fingerprint density at radius 1 is 1.00 bits per heavy atom. The highest BCUT2D eigenvalue weighted by atomic mass is 16.5. The monoisotopic (exact) mass is 256 g/mol. The fourth-order valence-electron chi connectivity index (χ4n) is 1.62. The first-order valence-electron chi connectivity index (χ1n) is 5.89. The standard InChI is InChI=1S/C15H16N2O2/c1-18-13-6-8-14(9-7-13)19-10-11-2-4-12(5-3-11)15(16)17/h2-9H,10H2,1H3,(H3,16,17). The quantitative estimate of drug-likeness (QED) is 0.638. The molecule has 0 saturated carbocycles. The lowest BCUT2D eigenvalue weighted by molar-refractivity contribution is 0.305. The van der Waals surface area contributed by atoms with Gasteiger partial charge in [-0.3, -0.25) is 5.41 Å². The summed E-state index contributed by atoms with van der Waals surface area (Å²) in [4.78, 5) is 0. The Kier molecular flexibility index (Phi) is 4.03.